The van der Waals surface area contributed by atoms with E-state index in [2.05, 4.69) is 0 Å². The van der Waals surface area contributed by atoms with Crippen molar-refractivity contribution in [2.45, 2.75) is 0 Å². The molecule has 6 rings (SSSR count). The maximum Gasteiger partial charge on any atom is 1.00 e. The molecule has 2 amide bonds. The first-order valence-electron chi connectivity index (χ1n) is 13.0. The van der Waals surface area contributed by atoms with Crippen LogP contribution in [-0.4, -0.2) is 55.8 Å². The van der Waals surface area contributed by atoms with Crippen LogP contribution in [0.15, 0.2) is 72.8 Å². The van der Waals surface area contributed by atoms with E-state index in [1.165, 1.54) is 4.90 Å². The summed E-state index contributed by atoms with van der Waals surface area (Å²) in [6.07, 6.45) is 1.76. The fraction of sp³-hybridized carbons (Fsp3) is 0.125. The first kappa shape index (κ1) is 37.6. The second-order valence-electron chi connectivity index (χ2n) is 9.75. The largest absolute Gasteiger partial charge is 1.00 e. The number of carboxylic acid groups (broad SMARTS) is 1. The van der Waals surface area contributed by atoms with Gasteiger partial charge in [-0.2, -0.15) is 0 Å². The van der Waals surface area contributed by atoms with Crippen LogP contribution in [0.5, 0.6) is 11.5 Å². The Kier molecular flexibility index (Phi) is 12.9. The zero-order valence-corrected chi connectivity index (χ0v) is 30.2. The van der Waals surface area contributed by atoms with Gasteiger partial charge in [-0.3, -0.25) is 9.59 Å². The van der Waals surface area contributed by atoms with Crippen molar-refractivity contribution in [3.05, 3.63) is 82.8 Å². The summed E-state index contributed by atoms with van der Waals surface area (Å²) < 4.78 is 11.2. The minimum atomic E-state index is -1.38. The molecule has 224 valence electrons. The Morgan fingerprint density at radius 3 is 1.63 bits per heavy atom. The SMILES string of the molecule is O=[C-]CN1C(=O)COc2cc(-c3cccc(-c4cccc(-c5ccc6c(c5)OCC(=O)N6CC(=O)[O-])c4Cl)c3Cl)ccc21.[Na+].[Na+].[OH-]. The number of carbonyl (C=O) groups is 3. The molecule has 46 heavy (non-hydrogen) atoms. The molecule has 2 aliphatic heterocycles. The number of carboxylic acids is 1. The smallest absolute Gasteiger partial charge is 0.870 e. The van der Waals surface area contributed by atoms with E-state index in [0.29, 0.717) is 60.7 Å². The summed E-state index contributed by atoms with van der Waals surface area (Å²) in [5.41, 5.74) is 4.98. The standard InChI is InChI=1S/C32H21Cl2N2O7.2Na.H2O/c33-31-20(18-7-9-24-26(13-18)42-16-28(38)35(24)11-12-37)3-1-5-22(31)23-6-2-4-21(32(23)34)19-8-10-25-27(14-19)43-17-29(39)36(25)15-30(40)41;;;/h1-10,13-14H,11,15-17H2,(H,40,41);;;1H2/q-1;2*+1;/p-2. The van der Waals surface area contributed by atoms with Crippen LogP contribution in [0.25, 0.3) is 33.4 Å². The van der Waals surface area contributed by atoms with Gasteiger partial charge < -0.3 is 39.4 Å². The second-order valence-corrected chi connectivity index (χ2v) is 10.5. The van der Waals surface area contributed by atoms with Crippen molar-refractivity contribution in [2.75, 3.05) is 36.1 Å². The third kappa shape index (κ3) is 7.16. The molecule has 0 radical (unpaired) electrons. The van der Waals surface area contributed by atoms with Gasteiger partial charge >= 0.3 is 59.1 Å². The number of benzene rings is 4. The Morgan fingerprint density at radius 2 is 1.17 bits per heavy atom. The number of hydrogen-bond donors (Lipinski definition) is 0. The fourth-order valence-corrected chi connectivity index (χ4v) is 5.88. The van der Waals surface area contributed by atoms with E-state index in [4.69, 9.17) is 32.7 Å². The molecule has 0 aliphatic carbocycles. The van der Waals surface area contributed by atoms with Crippen molar-refractivity contribution < 1.29 is 98.3 Å². The normalized spacial score (nSPS) is 13.1. The number of aliphatic carboxylic acids is 1. The van der Waals surface area contributed by atoms with Crippen molar-refractivity contribution >= 4 is 58.6 Å². The summed E-state index contributed by atoms with van der Waals surface area (Å²) in [5.74, 6) is -1.39. The second kappa shape index (κ2) is 15.8. The van der Waals surface area contributed by atoms with E-state index >= 15 is 0 Å². The van der Waals surface area contributed by atoms with E-state index in [-0.39, 0.29) is 90.3 Å². The third-order valence-corrected chi connectivity index (χ3v) is 8.04. The topological polar surface area (TPSA) is 146 Å². The molecular weight excluding hydrogens is 657 g/mol. The van der Waals surface area contributed by atoms with Crippen molar-refractivity contribution in [1.82, 2.24) is 0 Å². The zero-order chi connectivity index (χ0) is 30.2. The Morgan fingerprint density at radius 1 is 0.739 bits per heavy atom. The number of halogens is 2. The molecule has 0 spiro atoms. The van der Waals surface area contributed by atoms with Crippen LogP contribution in [0.1, 0.15) is 0 Å². The Labute approximate surface area is 318 Å². The minimum absolute atomic E-state index is 0. The molecule has 4 aromatic rings. The summed E-state index contributed by atoms with van der Waals surface area (Å²) in [6, 6.07) is 21.4. The maximum atomic E-state index is 12.2. The van der Waals surface area contributed by atoms with Crippen LogP contribution in [0.3, 0.4) is 0 Å². The molecule has 0 fully saturated rings. The van der Waals surface area contributed by atoms with Gasteiger partial charge in [-0.25, -0.2) is 6.29 Å². The van der Waals surface area contributed by atoms with Gasteiger partial charge in [0.25, 0.3) is 11.8 Å². The first-order valence-corrected chi connectivity index (χ1v) is 13.8. The summed E-state index contributed by atoms with van der Waals surface area (Å²) in [6.45, 7) is -1.25. The monoisotopic (exact) mass is 677 g/mol. The minimum Gasteiger partial charge on any atom is -0.870 e. The molecule has 14 heteroatoms. The molecule has 0 unspecified atom stereocenters. The van der Waals surface area contributed by atoms with Crippen LogP contribution < -0.4 is 83.5 Å². The molecule has 1 N–H and O–H groups in total. The molecule has 0 saturated carbocycles. The number of anilines is 2. The number of hydrogen-bond acceptors (Lipinski definition) is 8. The van der Waals surface area contributed by atoms with Gasteiger partial charge in [-0.15, -0.1) is 0 Å². The number of fused-ring (bicyclic) bond motifs is 2. The molecule has 2 aliphatic rings. The van der Waals surface area contributed by atoms with Gasteiger partial charge in [0.1, 0.15) is 11.5 Å². The predicted molar refractivity (Wildman–Crippen MR) is 161 cm³/mol. The Bertz CT molecular complexity index is 1840. The number of carbonyl (C=O) groups excluding carboxylic acids is 4. The van der Waals surface area contributed by atoms with E-state index in [1.807, 2.05) is 36.4 Å². The summed E-state index contributed by atoms with van der Waals surface area (Å²) in [4.78, 5) is 49.0. The van der Waals surface area contributed by atoms with Crippen LogP contribution >= 0.6 is 23.2 Å². The maximum absolute atomic E-state index is 12.2. The Hall–Kier alpha value is -2.90. The quantitative estimate of drug-likeness (QED) is 0.164. The number of ether oxygens (including phenoxy) is 2. The van der Waals surface area contributed by atoms with E-state index in [9.17, 15) is 24.3 Å². The molecule has 10 nitrogen and oxygen atoms in total. The summed E-state index contributed by atoms with van der Waals surface area (Å²) in [7, 11) is 0. The first-order chi connectivity index (χ1) is 20.8. The van der Waals surface area contributed by atoms with Crippen molar-refractivity contribution in [3.63, 3.8) is 0 Å². The fourth-order valence-electron chi connectivity index (χ4n) is 5.21. The molecular formula is C32H21Cl2N2Na2O8-. The van der Waals surface area contributed by atoms with E-state index in [1.54, 1.807) is 42.7 Å². The van der Waals surface area contributed by atoms with Crippen LogP contribution in [0.2, 0.25) is 10.0 Å². The molecule has 0 saturated heterocycles. The number of amides is 2. The van der Waals surface area contributed by atoms with Crippen molar-refractivity contribution in [2.24, 2.45) is 0 Å². The van der Waals surface area contributed by atoms with E-state index < -0.39 is 18.4 Å². The van der Waals surface area contributed by atoms with Crippen LogP contribution in [-0.2, 0) is 19.2 Å². The van der Waals surface area contributed by atoms with Gasteiger partial charge in [-0.1, -0.05) is 78.3 Å². The van der Waals surface area contributed by atoms with Crippen LogP contribution in [0, 0.1) is 0 Å². The average molecular weight is 678 g/mol. The van der Waals surface area contributed by atoms with Gasteiger partial charge in [0.15, 0.2) is 13.2 Å². The van der Waals surface area contributed by atoms with Gasteiger partial charge in [0.2, 0.25) is 0 Å². The molecule has 4 aromatic carbocycles. The predicted octanol–water partition coefficient (Wildman–Crippen LogP) is -1.86. The average Bonchev–Trinajstić information content (AvgIpc) is 3.00. The molecule has 2 heterocycles. The van der Waals surface area contributed by atoms with E-state index in [0.717, 1.165) is 10.5 Å². The van der Waals surface area contributed by atoms with Crippen molar-refractivity contribution in [3.8, 4) is 44.9 Å². The number of rotatable bonds is 7. The van der Waals surface area contributed by atoms with Gasteiger partial charge in [0.05, 0.1) is 33.9 Å². The summed E-state index contributed by atoms with van der Waals surface area (Å²) >= 11 is 13.9. The van der Waals surface area contributed by atoms with Gasteiger partial charge in [0, 0.05) is 22.3 Å². The number of nitrogens with zero attached hydrogens (tertiary/aromatic N) is 2. The Balaban J connectivity index is 0.00000192. The van der Waals surface area contributed by atoms with Crippen molar-refractivity contribution in [1.29, 1.82) is 0 Å². The van der Waals surface area contributed by atoms with Gasteiger partial charge in [-0.05, 0) is 35.4 Å². The molecule has 0 bridgehead atoms. The molecule has 0 aromatic heterocycles. The third-order valence-electron chi connectivity index (χ3n) is 7.23. The molecule has 0 atom stereocenters. The zero-order valence-electron chi connectivity index (χ0n) is 24.7. The summed E-state index contributed by atoms with van der Waals surface area (Å²) in [5, 5.41) is 12.0. The van der Waals surface area contributed by atoms with Crippen LogP contribution in [0.4, 0.5) is 11.4 Å².